The molecule has 1 aliphatic heterocycles. The third-order valence-corrected chi connectivity index (χ3v) is 11.3. The van der Waals surface area contributed by atoms with Crippen molar-refractivity contribution in [2.45, 2.75) is 19.8 Å². The van der Waals surface area contributed by atoms with E-state index in [4.69, 9.17) is 9.98 Å². The summed E-state index contributed by atoms with van der Waals surface area (Å²) in [6.07, 6.45) is 5.55. The summed E-state index contributed by atoms with van der Waals surface area (Å²) in [7, 11) is 0. The number of hydrogen-bond donors (Lipinski definition) is 0. The number of pyridine rings is 1. The number of hydrogen-bond acceptors (Lipinski definition) is 3. The second-order valence-corrected chi connectivity index (χ2v) is 14.8. The number of nitrogens with zero attached hydrogens (tertiary/aromatic N) is 3. The van der Waals surface area contributed by atoms with Crippen LogP contribution in [0.25, 0.3) is 71.4 Å². The first kappa shape index (κ1) is 34.3. The molecule has 57 heavy (non-hydrogen) atoms. The van der Waals surface area contributed by atoms with E-state index in [1.165, 1.54) is 54.8 Å². The first-order valence-corrected chi connectivity index (χ1v) is 19.6. The highest BCUT2D eigenvalue weighted by Gasteiger charge is 2.19. The minimum atomic E-state index is 0.706. The molecule has 0 amide bonds. The molecule has 0 atom stereocenters. The molecule has 0 aliphatic carbocycles. The van der Waals surface area contributed by atoms with Gasteiger partial charge in [0.05, 0.1) is 11.4 Å². The summed E-state index contributed by atoms with van der Waals surface area (Å²) in [4.78, 5) is 15.5. The molecule has 1 aromatic heterocycles. The minimum absolute atomic E-state index is 0.706. The van der Waals surface area contributed by atoms with Crippen molar-refractivity contribution < 1.29 is 0 Å². The average Bonchev–Trinajstić information content (AvgIpc) is 3.28. The zero-order chi connectivity index (χ0) is 38.1. The first-order chi connectivity index (χ1) is 28.2. The van der Waals surface area contributed by atoms with Crippen LogP contribution >= 0.6 is 0 Å². The molecule has 0 spiro atoms. The van der Waals surface area contributed by atoms with E-state index in [0.29, 0.717) is 5.84 Å². The summed E-state index contributed by atoms with van der Waals surface area (Å²) >= 11 is 0. The zero-order valence-corrected chi connectivity index (χ0v) is 31.7. The van der Waals surface area contributed by atoms with Gasteiger partial charge in [0.1, 0.15) is 0 Å². The van der Waals surface area contributed by atoms with E-state index in [0.717, 1.165) is 57.5 Å². The molecule has 8 aromatic carbocycles. The molecule has 0 saturated heterocycles. The van der Waals surface area contributed by atoms with Gasteiger partial charge in [-0.25, -0.2) is 9.98 Å². The maximum absolute atomic E-state index is 5.48. The van der Waals surface area contributed by atoms with Gasteiger partial charge in [-0.05, 0) is 97.8 Å². The number of rotatable bonds is 6. The van der Waals surface area contributed by atoms with Gasteiger partial charge in [0.25, 0.3) is 0 Å². The van der Waals surface area contributed by atoms with Gasteiger partial charge in [0.2, 0.25) is 0 Å². The highest BCUT2D eigenvalue weighted by atomic mass is 14.9. The lowest BCUT2D eigenvalue weighted by Gasteiger charge is -2.18. The second-order valence-electron chi connectivity index (χ2n) is 14.8. The van der Waals surface area contributed by atoms with Crippen LogP contribution in [0.15, 0.2) is 210 Å². The normalized spacial score (nSPS) is 14.6. The van der Waals surface area contributed by atoms with Gasteiger partial charge >= 0.3 is 0 Å². The Morgan fingerprint density at radius 3 is 1.79 bits per heavy atom. The Morgan fingerprint density at radius 2 is 1.00 bits per heavy atom. The second kappa shape index (κ2) is 14.8. The van der Waals surface area contributed by atoms with E-state index >= 15 is 0 Å². The van der Waals surface area contributed by atoms with E-state index < -0.39 is 0 Å². The van der Waals surface area contributed by atoms with E-state index in [1.807, 2.05) is 12.4 Å². The van der Waals surface area contributed by atoms with Crippen LogP contribution in [0.5, 0.6) is 0 Å². The topological polar surface area (TPSA) is 37.6 Å². The Labute approximate surface area is 333 Å². The van der Waals surface area contributed by atoms with Crippen molar-refractivity contribution in [2.24, 2.45) is 9.98 Å². The molecule has 9 aromatic rings. The van der Waals surface area contributed by atoms with Crippen molar-refractivity contribution >= 4 is 49.6 Å². The van der Waals surface area contributed by atoms with Gasteiger partial charge in [-0.3, -0.25) is 4.98 Å². The molecule has 0 radical (unpaired) electrons. The highest BCUT2D eigenvalue weighted by Crippen LogP contribution is 2.39. The van der Waals surface area contributed by atoms with Crippen LogP contribution in [0, 0.1) is 0 Å². The minimum Gasteiger partial charge on any atom is -0.264 e. The molecule has 0 saturated carbocycles. The van der Waals surface area contributed by atoms with Crippen molar-refractivity contribution in [3.8, 4) is 33.4 Å². The number of amidine groups is 1. The molecular weight excluding hydrogens is 691 g/mol. The third kappa shape index (κ3) is 6.53. The van der Waals surface area contributed by atoms with Crippen LogP contribution in [-0.4, -0.2) is 16.5 Å². The largest absolute Gasteiger partial charge is 0.264 e. The van der Waals surface area contributed by atoms with E-state index in [2.05, 4.69) is 194 Å². The van der Waals surface area contributed by atoms with Crippen molar-refractivity contribution in [3.63, 3.8) is 0 Å². The predicted octanol–water partition coefficient (Wildman–Crippen LogP) is 14.0. The van der Waals surface area contributed by atoms with Gasteiger partial charge in [0.15, 0.2) is 5.84 Å². The lowest BCUT2D eigenvalue weighted by Crippen LogP contribution is -2.11. The fourth-order valence-corrected chi connectivity index (χ4v) is 8.33. The lowest BCUT2D eigenvalue weighted by molar-refractivity contribution is 1.00. The van der Waals surface area contributed by atoms with Gasteiger partial charge in [0, 0.05) is 34.5 Å². The van der Waals surface area contributed by atoms with Crippen molar-refractivity contribution in [3.05, 3.63) is 217 Å². The summed E-state index contributed by atoms with van der Waals surface area (Å²) in [5.74, 6) is 0.706. The first-order valence-electron chi connectivity index (χ1n) is 19.6. The highest BCUT2D eigenvalue weighted by molar-refractivity contribution is 6.23. The molecule has 3 nitrogen and oxygen atoms in total. The number of aliphatic imine (C=N–C) groups is 2. The molecule has 0 N–H and O–H groups in total. The predicted molar refractivity (Wildman–Crippen MR) is 241 cm³/mol. The smallest absolute Gasteiger partial charge is 0.160 e. The standard InChI is InChI=1S/C54H39N3/c1-36-20-31-51(47-19-11-10-17-45(47)39-14-6-3-7-15-39)56-54(57-53(36)42-26-21-38(22-27-42)37-12-4-2-5-13-37)43-28-23-41(24-29-43)49-34-44-30-25-40-16-8-9-18-46(40)52(44)48-32-33-55-35-50(48)49/h2-19,21-30,32-35H,20,31H2,1H3/b53-36+,56-51?,57-54?. The summed E-state index contributed by atoms with van der Waals surface area (Å²) in [5.41, 5.74) is 13.5. The van der Waals surface area contributed by atoms with E-state index in [9.17, 15) is 0 Å². The molecule has 2 heterocycles. The Bertz CT molecular complexity index is 3030. The van der Waals surface area contributed by atoms with Crippen LogP contribution in [0.1, 0.15) is 36.5 Å². The maximum atomic E-state index is 5.48. The average molecular weight is 730 g/mol. The van der Waals surface area contributed by atoms with E-state index in [-0.39, 0.29) is 0 Å². The van der Waals surface area contributed by atoms with E-state index in [1.54, 1.807) is 0 Å². The number of benzene rings is 8. The fraction of sp³-hybridized carbons (Fsp3) is 0.0556. The lowest BCUT2D eigenvalue weighted by atomic mass is 9.91. The van der Waals surface area contributed by atoms with Crippen molar-refractivity contribution in [2.75, 3.05) is 0 Å². The molecule has 270 valence electrons. The maximum Gasteiger partial charge on any atom is 0.160 e. The van der Waals surface area contributed by atoms with Crippen molar-refractivity contribution in [1.82, 2.24) is 4.98 Å². The zero-order valence-electron chi connectivity index (χ0n) is 31.7. The summed E-state index contributed by atoms with van der Waals surface area (Å²) in [6, 6.07) is 64.9. The molecule has 10 rings (SSSR count). The Balaban J connectivity index is 1.11. The van der Waals surface area contributed by atoms with Gasteiger partial charge in [-0.1, -0.05) is 170 Å². The van der Waals surface area contributed by atoms with Crippen LogP contribution in [0.3, 0.4) is 0 Å². The monoisotopic (exact) mass is 729 g/mol. The van der Waals surface area contributed by atoms with Crippen LogP contribution in [-0.2, 0) is 0 Å². The summed E-state index contributed by atoms with van der Waals surface area (Å²) in [5, 5.41) is 7.31. The fourth-order valence-electron chi connectivity index (χ4n) is 8.33. The number of aromatic nitrogens is 1. The van der Waals surface area contributed by atoms with Crippen LogP contribution < -0.4 is 0 Å². The Hall–Kier alpha value is -7.23. The number of fused-ring (bicyclic) bond motifs is 5. The Morgan fingerprint density at radius 1 is 0.404 bits per heavy atom. The molecule has 0 unspecified atom stereocenters. The quantitative estimate of drug-likeness (QED) is 0.157. The molecular formula is C54H39N3. The van der Waals surface area contributed by atoms with Gasteiger partial charge in [-0.2, -0.15) is 0 Å². The number of allylic oxidation sites excluding steroid dienone is 1. The van der Waals surface area contributed by atoms with Gasteiger partial charge in [-0.15, -0.1) is 0 Å². The molecule has 3 heteroatoms. The third-order valence-electron chi connectivity index (χ3n) is 11.3. The molecule has 0 bridgehead atoms. The van der Waals surface area contributed by atoms with Gasteiger partial charge < -0.3 is 0 Å². The Kier molecular flexibility index (Phi) is 8.89. The van der Waals surface area contributed by atoms with Crippen molar-refractivity contribution in [1.29, 1.82) is 0 Å². The van der Waals surface area contributed by atoms with Crippen LogP contribution in [0.4, 0.5) is 0 Å². The summed E-state index contributed by atoms with van der Waals surface area (Å²) in [6.45, 7) is 2.22. The van der Waals surface area contributed by atoms with Crippen LogP contribution in [0.2, 0.25) is 0 Å². The summed E-state index contributed by atoms with van der Waals surface area (Å²) < 4.78 is 0. The SMILES string of the molecule is C/C1=C(/c2ccc(-c3ccccc3)cc2)N=C(c2ccc(-c3cc4ccc5ccccc5c4c4ccncc34)cc2)N=C(c2ccccc2-c2ccccc2)CC1. The molecule has 1 aliphatic rings. The molecule has 0 fully saturated rings.